The molecule has 0 spiro atoms. The van der Waals surface area contributed by atoms with Crippen molar-refractivity contribution in [2.75, 3.05) is 0 Å². The zero-order valence-corrected chi connectivity index (χ0v) is 8.76. The average molecular weight is 212 g/mol. The van der Waals surface area contributed by atoms with Crippen LogP contribution in [0.2, 0.25) is 0 Å². The maximum atomic E-state index is 10.6. The van der Waals surface area contributed by atoms with Crippen LogP contribution in [0.25, 0.3) is 17.0 Å². The van der Waals surface area contributed by atoms with E-state index < -0.39 is 0 Å². The molecule has 1 aromatic heterocycles. The van der Waals surface area contributed by atoms with Gasteiger partial charge < -0.3 is 5.73 Å². The highest BCUT2D eigenvalue weighted by atomic mass is 16.1. The number of carbonyl (C=O) groups excluding carboxylic acids is 1. The van der Waals surface area contributed by atoms with Crippen molar-refractivity contribution in [1.82, 2.24) is 4.98 Å². The van der Waals surface area contributed by atoms with Gasteiger partial charge in [-0.3, -0.25) is 9.78 Å². The number of hydrogen-bond donors (Lipinski definition) is 1. The van der Waals surface area contributed by atoms with Gasteiger partial charge in [-0.1, -0.05) is 24.3 Å². The van der Waals surface area contributed by atoms with Gasteiger partial charge >= 0.3 is 0 Å². The zero-order valence-electron chi connectivity index (χ0n) is 8.76. The van der Waals surface area contributed by atoms with E-state index in [4.69, 9.17) is 5.73 Å². The van der Waals surface area contributed by atoms with E-state index in [-0.39, 0.29) is 12.3 Å². The number of benzene rings is 1. The minimum absolute atomic E-state index is 0.269. The van der Waals surface area contributed by atoms with Gasteiger partial charge in [0.2, 0.25) is 5.91 Å². The zero-order chi connectivity index (χ0) is 11.4. The second-order valence-electron chi connectivity index (χ2n) is 3.53. The molecule has 3 heteroatoms. The summed E-state index contributed by atoms with van der Waals surface area (Å²) in [5, 5.41) is 1.09. The maximum Gasteiger partial charge on any atom is 0.221 e. The number of nitrogens with two attached hydrogens (primary N) is 1. The maximum absolute atomic E-state index is 10.6. The molecule has 0 saturated heterocycles. The Kier molecular flexibility index (Phi) is 2.96. The fourth-order valence-electron chi connectivity index (χ4n) is 1.51. The fourth-order valence-corrected chi connectivity index (χ4v) is 1.51. The first kappa shape index (κ1) is 10.4. The first-order valence-corrected chi connectivity index (χ1v) is 5.05. The lowest BCUT2D eigenvalue weighted by Gasteiger charge is -1.97. The number of fused-ring (bicyclic) bond motifs is 1. The lowest BCUT2D eigenvalue weighted by molar-refractivity contribution is -0.117. The van der Waals surface area contributed by atoms with E-state index in [1.165, 1.54) is 0 Å². The van der Waals surface area contributed by atoms with Crippen molar-refractivity contribution in [3.05, 3.63) is 48.2 Å². The Bertz CT molecular complexity index is 546. The van der Waals surface area contributed by atoms with E-state index in [1.807, 2.05) is 36.4 Å². The van der Waals surface area contributed by atoms with Gasteiger partial charge in [-0.2, -0.15) is 0 Å². The number of aromatic nitrogens is 1. The van der Waals surface area contributed by atoms with Gasteiger partial charge in [-0.15, -0.1) is 0 Å². The van der Waals surface area contributed by atoms with Gasteiger partial charge in [0.15, 0.2) is 0 Å². The second kappa shape index (κ2) is 4.57. The van der Waals surface area contributed by atoms with E-state index >= 15 is 0 Å². The molecule has 0 atom stereocenters. The third kappa shape index (κ3) is 2.45. The van der Waals surface area contributed by atoms with Gasteiger partial charge in [-0.05, 0) is 23.8 Å². The Morgan fingerprint density at radius 3 is 3.06 bits per heavy atom. The normalized spacial score (nSPS) is 11.0. The van der Waals surface area contributed by atoms with Crippen LogP contribution in [0.1, 0.15) is 12.0 Å². The molecular formula is C13H12N2O. The summed E-state index contributed by atoms with van der Waals surface area (Å²) in [5.74, 6) is -0.321. The molecule has 80 valence electrons. The second-order valence-corrected chi connectivity index (χ2v) is 3.53. The Hall–Kier alpha value is -2.16. The summed E-state index contributed by atoms with van der Waals surface area (Å²) in [6, 6.07) is 9.86. The molecule has 2 N–H and O–H groups in total. The van der Waals surface area contributed by atoms with Crippen LogP contribution in [0.4, 0.5) is 0 Å². The number of primary amides is 1. The topological polar surface area (TPSA) is 56.0 Å². The van der Waals surface area contributed by atoms with Crippen LogP contribution in [0, 0.1) is 0 Å². The molecular weight excluding hydrogens is 200 g/mol. The molecule has 2 aromatic rings. The summed E-state index contributed by atoms with van der Waals surface area (Å²) < 4.78 is 0. The summed E-state index contributed by atoms with van der Waals surface area (Å²) in [6.45, 7) is 0. The van der Waals surface area contributed by atoms with Crippen LogP contribution < -0.4 is 5.73 Å². The standard InChI is InChI=1S/C13H12N2O/c14-13(16)5-1-3-10-6-7-12-11(9-10)4-2-8-15-12/h1-4,6-9H,5H2,(H2,14,16). The smallest absolute Gasteiger partial charge is 0.221 e. The highest BCUT2D eigenvalue weighted by Gasteiger charge is 1.94. The Morgan fingerprint density at radius 2 is 2.25 bits per heavy atom. The molecule has 0 aliphatic heterocycles. The summed E-state index contributed by atoms with van der Waals surface area (Å²) in [5.41, 5.74) is 7.06. The van der Waals surface area contributed by atoms with Crippen molar-refractivity contribution in [3.8, 4) is 0 Å². The Morgan fingerprint density at radius 1 is 1.38 bits per heavy atom. The molecule has 0 saturated carbocycles. The monoisotopic (exact) mass is 212 g/mol. The van der Waals surface area contributed by atoms with Crippen LogP contribution in [0.15, 0.2) is 42.6 Å². The molecule has 1 amide bonds. The predicted molar refractivity (Wildman–Crippen MR) is 64.6 cm³/mol. The molecule has 0 radical (unpaired) electrons. The van der Waals surface area contributed by atoms with Gasteiger partial charge in [0.25, 0.3) is 0 Å². The number of hydrogen-bond acceptors (Lipinski definition) is 2. The first-order valence-electron chi connectivity index (χ1n) is 5.05. The van der Waals surface area contributed by atoms with E-state index in [9.17, 15) is 4.79 Å². The SMILES string of the molecule is NC(=O)CC=Cc1ccc2ncccc2c1. The van der Waals surface area contributed by atoms with E-state index in [0.717, 1.165) is 16.5 Å². The third-order valence-corrected chi connectivity index (χ3v) is 2.26. The molecule has 0 fully saturated rings. The number of pyridine rings is 1. The summed E-state index contributed by atoms with van der Waals surface area (Å²) in [7, 11) is 0. The molecule has 1 aromatic carbocycles. The Balaban J connectivity index is 2.26. The molecule has 16 heavy (non-hydrogen) atoms. The fraction of sp³-hybridized carbons (Fsp3) is 0.0769. The van der Waals surface area contributed by atoms with E-state index in [0.29, 0.717) is 0 Å². The van der Waals surface area contributed by atoms with Crippen molar-refractivity contribution in [2.45, 2.75) is 6.42 Å². The number of carbonyl (C=O) groups is 1. The lowest BCUT2D eigenvalue weighted by atomic mass is 10.1. The van der Waals surface area contributed by atoms with Crippen molar-refractivity contribution >= 4 is 22.9 Å². The molecule has 2 rings (SSSR count). The molecule has 3 nitrogen and oxygen atoms in total. The molecule has 0 aliphatic rings. The van der Waals surface area contributed by atoms with Gasteiger partial charge in [0, 0.05) is 18.0 Å². The molecule has 1 heterocycles. The number of nitrogens with zero attached hydrogens (tertiary/aromatic N) is 1. The molecule has 0 bridgehead atoms. The van der Waals surface area contributed by atoms with Gasteiger partial charge in [0.1, 0.15) is 0 Å². The van der Waals surface area contributed by atoms with E-state index in [1.54, 1.807) is 12.3 Å². The van der Waals surface area contributed by atoms with Crippen LogP contribution in [-0.2, 0) is 4.79 Å². The average Bonchev–Trinajstić information content (AvgIpc) is 2.28. The number of amides is 1. The minimum Gasteiger partial charge on any atom is -0.369 e. The number of rotatable bonds is 3. The van der Waals surface area contributed by atoms with Gasteiger partial charge in [0.05, 0.1) is 5.52 Å². The van der Waals surface area contributed by atoms with Crippen molar-refractivity contribution < 1.29 is 4.79 Å². The predicted octanol–water partition coefficient (Wildman–Crippen LogP) is 2.12. The van der Waals surface area contributed by atoms with Crippen LogP contribution in [-0.4, -0.2) is 10.9 Å². The van der Waals surface area contributed by atoms with Crippen LogP contribution in [0.5, 0.6) is 0 Å². The third-order valence-electron chi connectivity index (χ3n) is 2.26. The van der Waals surface area contributed by atoms with Crippen LogP contribution in [0.3, 0.4) is 0 Å². The van der Waals surface area contributed by atoms with Crippen molar-refractivity contribution in [2.24, 2.45) is 5.73 Å². The highest BCUT2D eigenvalue weighted by Crippen LogP contribution is 2.14. The molecule has 0 aliphatic carbocycles. The lowest BCUT2D eigenvalue weighted by Crippen LogP contribution is -2.07. The summed E-state index contributed by atoms with van der Waals surface area (Å²) in [4.78, 5) is 14.8. The summed E-state index contributed by atoms with van der Waals surface area (Å²) in [6.07, 6.45) is 5.69. The quantitative estimate of drug-likeness (QED) is 0.847. The minimum atomic E-state index is -0.321. The van der Waals surface area contributed by atoms with Gasteiger partial charge in [-0.25, -0.2) is 0 Å². The van der Waals surface area contributed by atoms with Crippen molar-refractivity contribution in [3.63, 3.8) is 0 Å². The van der Waals surface area contributed by atoms with Crippen LogP contribution >= 0.6 is 0 Å². The molecule has 0 unspecified atom stereocenters. The highest BCUT2D eigenvalue weighted by molar-refractivity contribution is 5.81. The van der Waals surface area contributed by atoms with Crippen molar-refractivity contribution in [1.29, 1.82) is 0 Å². The first-order chi connectivity index (χ1) is 7.75. The Labute approximate surface area is 93.6 Å². The van der Waals surface area contributed by atoms with E-state index in [2.05, 4.69) is 4.98 Å². The summed E-state index contributed by atoms with van der Waals surface area (Å²) >= 11 is 0. The largest absolute Gasteiger partial charge is 0.369 e.